The van der Waals surface area contributed by atoms with E-state index in [0.717, 1.165) is 42.5 Å². The normalized spacial score (nSPS) is 12.0. The van der Waals surface area contributed by atoms with E-state index in [1.165, 1.54) is 0 Å². The van der Waals surface area contributed by atoms with Crippen LogP contribution in [0.2, 0.25) is 0 Å². The first-order chi connectivity index (χ1) is 12.4. The highest BCUT2D eigenvalue weighted by Gasteiger charge is 2.20. The van der Waals surface area contributed by atoms with Gasteiger partial charge in [0.25, 0.3) is 10.0 Å². The Kier molecular flexibility index (Phi) is 5.67. The molecule has 13 heteroatoms. The topological polar surface area (TPSA) is 153 Å². The number of halogens is 2. The SMILES string of the molecule is NS(=O)(=O)c1ccc(S(=O)(=O)Nc2ccc(OC(F)F)c(C(=O)O)c2)cc1. The van der Waals surface area contributed by atoms with Gasteiger partial charge in [0.05, 0.1) is 9.79 Å². The van der Waals surface area contributed by atoms with Crippen LogP contribution in [-0.4, -0.2) is 34.5 Å². The van der Waals surface area contributed by atoms with E-state index in [4.69, 9.17) is 10.2 Å². The van der Waals surface area contributed by atoms with Crippen molar-refractivity contribution in [3.8, 4) is 5.75 Å². The maximum atomic E-state index is 12.3. The molecule has 0 bridgehead atoms. The summed E-state index contributed by atoms with van der Waals surface area (Å²) in [6, 6.07) is 6.62. The van der Waals surface area contributed by atoms with Gasteiger partial charge in [-0.3, -0.25) is 4.72 Å². The van der Waals surface area contributed by atoms with Crippen LogP contribution in [0.15, 0.2) is 52.3 Å². The summed E-state index contributed by atoms with van der Waals surface area (Å²) >= 11 is 0. The molecule has 2 aromatic carbocycles. The molecule has 0 aliphatic rings. The van der Waals surface area contributed by atoms with Gasteiger partial charge in [-0.15, -0.1) is 0 Å². The number of carboxylic acids is 1. The van der Waals surface area contributed by atoms with E-state index in [-0.39, 0.29) is 15.5 Å². The van der Waals surface area contributed by atoms with Crippen LogP contribution in [0.5, 0.6) is 5.75 Å². The number of ether oxygens (including phenoxy) is 1. The molecule has 27 heavy (non-hydrogen) atoms. The number of carbonyl (C=O) groups is 1. The monoisotopic (exact) mass is 422 g/mol. The van der Waals surface area contributed by atoms with Crippen LogP contribution >= 0.6 is 0 Å². The minimum Gasteiger partial charge on any atom is -0.478 e. The van der Waals surface area contributed by atoms with Gasteiger partial charge in [-0.2, -0.15) is 8.78 Å². The molecule has 0 radical (unpaired) electrons. The third-order valence-corrected chi connectivity index (χ3v) is 5.47. The molecule has 0 aliphatic heterocycles. The molecule has 0 heterocycles. The van der Waals surface area contributed by atoms with Crippen molar-refractivity contribution < 1.29 is 40.3 Å². The van der Waals surface area contributed by atoms with Crippen molar-refractivity contribution in [3.63, 3.8) is 0 Å². The number of sulfonamides is 2. The molecule has 4 N–H and O–H groups in total. The number of nitrogens with two attached hydrogens (primary N) is 1. The third kappa shape index (κ3) is 5.12. The Labute approximate surface area is 152 Å². The molecule has 0 aliphatic carbocycles. The summed E-state index contributed by atoms with van der Waals surface area (Å²) in [5, 5.41) is 14.0. The number of aromatic carboxylic acids is 1. The summed E-state index contributed by atoms with van der Waals surface area (Å²) in [7, 11) is -8.23. The van der Waals surface area contributed by atoms with Crippen LogP contribution in [0.4, 0.5) is 14.5 Å². The Morgan fingerprint density at radius 3 is 2.07 bits per heavy atom. The number of nitrogens with one attached hydrogen (secondary N) is 1. The molecule has 0 spiro atoms. The molecule has 2 rings (SSSR count). The fraction of sp³-hybridized carbons (Fsp3) is 0.0714. The van der Waals surface area contributed by atoms with Gasteiger partial charge >= 0.3 is 12.6 Å². The van der Waals surface area contributed by atoms with Gasteiger partial charge < -0.3 is 9.84 Å². The van der Waals surface area contributed by atoms with Crippen molar-refractivity contribution in [1.29, 1.82) is 0 Å². The summed E-state index contributed by atoms with van der Waals surface area (Å²) in [6.45, 7) is -3.26. The second-order valence-corrected chi connectivity index (χ2v) is 8.26. The highest BCUT2D eigenvalue weighted by Crippen LogP contribution is 2.26. The molecule has 0 atom stereocenters. The zero-order valence-corrected chi connectivity index (χ0v) is 14.8. The Hall–Kier alpha value is -2.77. The van der Waals surface area contributed by atoms with E-state index < -0.39 is 43.9 Å². The molecule has 0 unspecified atom stereocenters. The number of alkyl halides is 2. The van der Waals surface area contributed by atoms with Crippen molar-refractivity contribution >= 4 is 31.7 Å². The Morgan fingerprint density at radius 1 is 1.04 bits per heavy atom. The predicted octanol–water partition coefficient (Wildman–Crippen LogP) is 1.43. The lowest BCUT2D eigenvalue weighted by Gasteiger charge is -2.12. The fourth-order valence-electron chi connectivity index (χ4n) is 1.98. The van der Waals surface area contributed by atoms with Gasteiger partial charge in [0.2, 0.25) is 10.0 Å². The largest absolute Gasteiger partial charge is 0.478 e. The average molecular weight is 422 g/mol. The Balaban J connectivity index is 2.34. The lowest BCUT2D eigenvalue weighted by molar-refractivity contribution is -0.0503. The minimum atomic E-state index is -4.22. The maximum Gasteiger partial charge on any atom is 0.387 e. The van der Waals surface area contributed by atoms with Crippen LogP contribution in [0.3, 0.4) is 0 Å². The lowest BCUT2D eigenvalue weighted by Crippen LogP contribution is -2.15. The smallest absolute Gasteiger partial charge is 0.387 e. The first-order valence-corrected chi connectivity index (χ1v) is 9.91. The lowest BCUT2D eigenvalue weighted by atomic mass is 10.2. The number of primary sulfonamides is 1. The molecular formula is C14H12F2N2O7S2. The van der Waals surface area contributed by atoms with E-state index in [1.807, 2.05) is 0 Å². The standard InChI is InChI=1S/C14H12F2N2O7S2/c15-14(16)25-12-6-1-8(7-11(12)13(19)20)18-27(23,24)10-4-2-9(3-5-10)26(17,21)22/h1-7,14,18H,(H,19,20)(H2,17,21,22). The molecule has 0 aromatic heterocycles. The first-order valence-electron chi connectivity index (χ1n) is 6.88. The van der Waals surface area contributed by atoms with Crippen LogP contribution in [-0.2, 0) is 20.0 Å². The van der Waals surface area contributed by atoms with Crippen molar-refractivity contribution in [2.75, 3.05) is 4.72 Å². The third-order valence-electron chi connectivity index (χ3n) is 3.14. The maximum absolute atomic E-state index is 12.3. The quantitative estimate of drug-likeness (QED) is 0.610. The molecule has 0 saturated carbocycles. The van der Waals surface area contributed by atoms with Crippen molar-refractivity contribution in [2.24, 2.45) is 5.14 Å². The second kappa shape index (κ2) is 7.46. The minimum absolute atomic E-state index is 0.232. The highest BCUT2D eigenvalue weighted by atomic mass is 32.2. The predicted molar refractivity (Wildman–Crippen MR) is 88.7 cm³/mol. The first kappa shape index (κ1) is 20.5. The van der Waals surface area contributed by atoms with Crippen molar-refractivity contribution in [2.45, 2.75) is 16.4 Å². The average Bonchev–Trinajstić information content (AvgIpc) is 2.54. The molecule has 2 aromatic rings. The summed E-state index contributed by atoms with van der Waals surface area (Å²) < 4.78 is 77.7. The van der Waals surface area contributed by atoms with Crippen LogP contribution in [0, 0.1) is 0 Å². The number of hydrogen-bond acceptors (Lipinski definition) is 6. The van der Waals surface area contributed by atoms with E-state index >= 15 is 0 Å². The van der Waals surface area contributed by atoms with Gasteiger partial charge in [-0.1, -0.05) is 0 Å². The molecule has 0 amide bonds. The zero-order chi connectivity index (χ0) is 20.4. The Bertz CT molecular complexity index is 1070. The Morgan fingerprint density at radius 2 is 1.59 bits per heavy atom. The van der Waals surface area contributed by atoms with E-state index in [0.29, 0.717) is 0 Å². The van der Waals surface area contributed by atoms with Crippen LogP contribution < -0.4 is 14.6 Å². The molecule has 0 fully saturated rings. The van der Waals surface area contributed by atoms with Gasteiger partial charge in [-0.25, -0.2) is 26.8 Å². The summed E-state index contributed by atoms with van der Waals surface area (Å²) in [4.78, 5) is 10.5. The number of anilines is 1. The second-order valence-electron chi connectivity index (χ2n) is 5.02. The van der Waals surface area contributed by atoms with Gasteiger partial charge in [0.1, 0.15) is 11.3 Å². The molecular weight excluding hydrogens is 410 g/mol. The highest BCUT2D eigenvalue weighted by molar-refractivity contribution is 7.92. The zero-order valence-electron chi connectivity index (χ0n) is 13.2. The molecule has 0 saturated heterocycles. The van der Waals surface area contributed by atoms with Gasteiger partial charge in [0, 0.05) is 5.69 Å². The van der Waals surface area contributed by atoms with E-state index in [2.05, 4.69) is 9.46 Å². The van der Waals surface area contributed by atoms with E-state index in [9.17, 15) is 30.4 Å². The number of rotatable bonds is 7. The summed E-state index contributed by atoms with van der Waals surface area (Å²) in [5.74, 6) is -2.25. The number of hydrogen-bond donors (Lipinski definition) is 3. The van der Waals surface area contributed by atoms with Crippen LogP contribution in [0.25, 0.3) is 0 Å². The molecule has 9 nitrogen and oxygen atoms in total. The fourth-order valence-corrected chi connectivity index (χ4v) is 3.55. The molecule has 146 valence electrons. The van der Waals surface area contributed by atoms with Gasteiger partial charge in [0.15, 0.2) is 0 Å². The van der Waals surface area contributed by atoms with Gasteiger partial charge in [-0.05, 0) is 42.5 Å². The number of benzene rings is 2. The van der Waals surface area contributed by atoms with Crippen molar-refractivity contribution in [3.05, 3.63) is 48.0 Å². The summed E-state index contributed by atoms with van der Waals surface area (Å²) in [6.07, 6.45) is 0. The van der Waals surface area contributed by atoms with E-state index in [1.54, 1.807) is 0 Å². The van der Waals surface area contributed by atoms with Crippen LogP contribution in [0.1, 0.15) is 10.4 Å². The number of carboxylic acid groups (broad SMARTS) is 1. The van der Waals surface area contributed by atoms with Crippen molar-refractivity contribution in [1.82, 2.24) is 0 Å². The summed E-state index contributed by atoms with van der Waals surface area (Å²) in [5.41, 5.74) is -0.912.